The summed E-state index contributed by atoms with van der Waals surface area (Å²) < 4.78 is 12.0. The summed E-state index contributed by atoms with van der Waals surface area (Å²) >= 11 is 0. The van der Waals surface area contributed by atoms with Crippen molar-refractivity contribution in [2.75, 3.05) is 20.8 Å². The highest BCUT2D eigenvalue weighted by Gasteiger charge is 2.25. The predicted octanol–water partition coefficient (Wildman–Crippen LogP) is 1.57. The maximum Gasteiger partial charge on any atom is 0.255 e. The summed E-state index contributed by atoms with van der Waals surface area (Å²) in [4.78, 5) is 28.8. The van der Waals surface area contributed by atoms with E-state index in [0.717, 1.165) is 18.5 Å². The molecule has 3 rings (SSSR count). The van der Waals surface area contributed by atoms with E-state index < -0.39 is 0 Å². The number of amides is 1. The maximum absolute atomic E-state index is 12.4. The molecule has 1 aliphatic rings. The lowest BCUT2D eigenvalue weighted by Gasteiger charge is -2.13. The quantitative estimate of drug-likeness (QED) is 0.825. The molecule has 1 saturated carbocycles. The van der Waals surface area contributed by atoms with Crippen LogP contribution in [0.25, 0.3) is 0 Å². The monoisotopic (exact) mass is 343 g/mol. The summed E-state index contributed by atoms with van der Waals surface area (Å²) in [5, 5.41) is 2.79. The Kier molecular flexibility index (Phi) is 5.02. The minimum atomic E-state index is -0.286. The number of aromatic nitrogens is 2. The zero-order chi connectivity index (χ0) is 17.8. The first-order valence-corrected chi connectivity index (χ1v) is 8.19. The summed E-state index contributed by atoms with van der Waals surface area (Å²) in [5.74, 6) is 1.04. The summed E-state index contributed by atoms with van der Waals surface area (Å²) in [6, 6.07) is 6.70. The molecule has 0 atom stereocenters. The predicted molar refractivity (Wildman–Crippen MR) is 92.4 cm³/mol. The Hall–Kier alpha value is -2.83. The van der Waals surface area contributed by atoms with E-state index in [1.165, 1.54) is 18.8 Å². The van der Waals surface area contributed by atoms with E-state index in [1.54, 1.807) is 30.6 Å². The summed E-state index contributed by atoms with van der Waals surface area (Å²) in [6.07, 6.45) is 3.76. The van der Waals surface area contributed by atoms with Gasteiger partial charge in [-0.1, -0.05) is 6.07 Å². The van der Waals surface area contributed by atoms with Crippen LogP contribution in [0.15, 0.2) is 35.4 Å². The first-order valence-electron chi connectivity index (χ1n) is 8.19. The molecule has 0 bridgehead atoms. The van der Waals surface area contributed by atoms with Crippen molar-refractivity contribution < 1.29 is 14.3 Å². The lowest BCUT2D eigenvalue weighted by molar-refractivity contribution is 0.0948. The molecular weight excluding hydrogens is 322 g/mol. The maximum atomic E-state index is 12.4. The molecule has 0 radical (unpaired) electrons. The van der Waals surface area contributed by atoms with Gasteiger partial charge >= 0.3 is 0 Å². The van der Waals surface area contributed by atoms with Gasteiger partial charge in [-0.05, 0) is 25.0 Å². The Balaban J connectivity index is 1.62. The molecule has 0 aliphatic heterocycles. The largest absolute Gasteiger partial charge is 0.493 e. The van der Waals surface area contributed by atoms with E-state index in [-0.39, 0.29) is 11.5 Å². The highest BCUT2D eigenvalue weighted by molar-refractivity contribution is 5.97. The molecule has 1 amide bonds. The number of nitrogens with zero attached hydrogens (tertiary/aromatic N) is 2. The van der Waals surface area contributed by atoms with Gasteiger partial charge in [-0.25, -0.2) is 4.98 Å². The number of hydrogen-bond acceptors (Lipinski definition) is 5. The van der Waals surface area contributed by atoms with Crippen molar-refractivity contribution in [3.63, 3.8) is 0 Å². The van der Waals surface area contributed by atoms with E-state index in [0.29, 0.717) is 36.1 Å². The Morgan fingerprint density at radius 3 is 2.76 bits per heavy atom. The normalized spacial score (nSPS) is 13.4. The van der Waals surface area contributed by atoms with E-state index in [1.807, 2.05) is 0 Å². The van der Waals surface area contributed by atoms with Crippen molar-refractivity contribution in [1.82, 2.24) is 14.9 Å². The molecule has 0 spiro atoms. The second-order valence-electron chi connectivity index (χ2n) is 5.92. The Morgan fingerprint density at radius 1 is 1.32 bits per heavy atom. The molecule has 1 aromatic carbocycles. The molecule has 1 N–H and O–H groups in total. The topological polar surface area (TPSA) is 82.5 Å². The van der Waals surface area contributed by atoms with Crippen LogP contribution in [0.4, 0.5) is 0 Å². The first kappa shape index (κ1) is 17.0. The zero-order valence-electron chi connectivity index (χ0n) is 14.3. The number of para-hydroxylation sites is 1. The fourth-order valence-corrected chi connectivity index (χ4v) is 2.66. The number of carbonyl (C=O) groups is 1. The van der Waals surface area contributed by atoms with Crippen LogP contribution in [0.5, 0.6) is 11.5 Å². The van der Waals surface area contributed by atoms with Gasteiger partial charge in [0.15, 0.2) is 11.5 Å². The average Bonchev–Trinajstić information content (AvgIpc) is 3.47. The molecule has 1 aliphatic carbocycles. The molecule has 25 heavy (non-hydrogen) atoms. The van der Waals surface area contributed by atoms with Crippen molar-refractivity contribution in [1.29, 1.82) is 0 Å². The number of methoxy groups -OCH3 is 2. The minimum absolute atomic E-state index is 0.0925. The fourth-order valence-electron chi connectivity index (χ4n) is 2.66. The molecule has 7 heteroatoms. The summed E-state index contributed by atoms with van der Waals surface area (Å²) in [6.45, 7) is 0.665. The van der Waals surface area contributed by atoms with Gasteiger partial charge in [0.2, 0.25) is 0 Å². The molecule has 7 nitrogen and oxygen atoms in total. The van der Waals surface area contributed by atoms with Gasteiger partial charge in [-0.3, -0.25) is 14.2 Å². The lowest BCUT2D eigenvalue weighted by atomic mass is 10.1. The molecule has 1 heterocycles. The van der Waals surface area contributed by atoms with Crippen LogP contribution in [0.1, 0.15) is 34.8 Å². The number of ether oxygens (including phenoxy) is 2. The highest BCUT2D eigenvalue weighted by atomic mass is 16.5. The third-order valence-electron chi connectivity index (χ3n) is 4.18. The number of hydrogen-bond donors (Lipinski definition) is 1. The molecule has 1 aromatic heterocycles. The van der Waals surface area contributed by atoms with Gasteiger partial charge in [0.1, 0.15) is 0 Å². The van der Waals surface area contributed by atoms with Gasteiger partial charge in [0.05, 0.1) is 31.8 Å². The third kappa shape index (κ3) is 3.81. The summed E-state index contributed by atoms with van der Waals surface area (Å²) in [5.41, 5.74) is 1.16. The Labute approximate surface area is 145 Å². The van der Waals surface area contributed by atoms with Crippen molar-refractivity contribution in [3.8, 4) is 11.5 Å². The molecule has 0 saturated heterocycles. The van der Waals surface area contributed by atoms with E-state index in [4.69, 9.17) is 9.47 Å². The van der Waals surface area contributed by atoms with Crippen LogP contribution in [0.2, 0.25) is 0 Å². The van der Waals surface area contributed by atoms with E-state index in [9.17, 15) is 9.59 Å². The van der Waals surface area contributed by atoms with Gasteiger partial charge < -0.3 is 14.8 Å². The van der Waals surface area contributed by atoms with E-state index in [2.05, 4.69) is 10.3 Å². The van der Waals surface area contributed by atoms with Crippen LogP contribution < -0.4 is 20.3 Å². The Morgan fingerprint density at radius 2 is 2.12 bits per heavy atom. The van der Waals surface area contributed by atoms with Crippen molar-refractivity contribution >= 4 is 5.91 Å². The number of nitrogens with one attached hydrogen (secondary N) is 1. The van der Waals surface area contributed by atoms with Crippen molar-refractivity contribution in [2.24, 2.45) is 0 Å². The second kappa shape index (κ2) is 7.38. The zero-order valence-corrected chi connectivity index (χ0v) is 14.3. The van der Waals surface area contributed by atoms with E-state index >= 15 is 0 Å². The minimum Gasteiger partial charge on any atom is -0.493 e. The van der Waals surface area contributed by atoms with Gasteiger partial charge in [0, 0.05) is 25.1 Å². The van der Waals surface area contributed by atoms with Gasteiger partial charge in [-0.15, -0.1) is 0 Å². The number of rotatable bonds is 7. The van der Waals surface area contributed by atoms with Crippen LogP contribution in [-0.2, 0) is 6.54 Å². The number of carbonyl (C=O) groups excluding carboxylic acids is 1. The van der Waals surface area contributed by atoms with Crippen LogP contribution in [0.3, 0.4) is 0 Å². The van der Waals surface area contributed by atoms with Crippen LogP contribution in [-0.4, -0.2) is 36.2 Å². The molecule has 1 fully saturated rings. The first-order chi connectivity index (χ1) is 12.1. The summed E-state index contributed by atoms with van der Waals surface area (Å²) in [7, 11) is 3.01. The average molecular weight is 343 g/mol. The standard InChI is InChI=1S/C18H21N3O4/c1-24-15-5-3-4-13(17(15)25-2)18(23)19-8-9-21-11-20-14(10-16(21)22)12-6-7-12/h3-5,10-12H,6-9H2,1-2H3,(H,19,23). The van der Waals surface area contributed by atoms with Gasteiger partial charge in [0.25, 0.3) is 11.5 Å². The highest BCUT2D eigenvalue weighted by Crippen LogP contribution is 2.38. The Bertz CT molecular complexity index is 827. The number of benzene rings is 1. The van der Waals surface area contributed by atoms with Gasteiger partial charge in [-0.2, -0.15) is 0 Å². The van der Waals surface area contributed by atoms with Crippen molar-refractivity contribution in [2.45, 2.75) is 25.3 Å². The molecule has 0 unspecified atom stereocenters. The lowest BCUT2D eigenvalue weighted by Crippen LogP contribution is -2.31. The molecular formula is C18H21N3O4. The fraction of sp³-hybridized carbons (Fsp3) is 0.389. The second-order valence-corrected chi connectivity index (χ2v) is 5.92. The molecule has 2 aromatic rings. The van der Waals surface area contributed by atoms with Crippen molar-refractivity contribution in [3.05, 3.63) is 52.2 Å². The van der Waals surface area contributed by atoms with Crippen LogP contribution >= 0.6 is 0 Å². The third-order valence-corrected chi connectivity index (χ3v) is 4.18. The molecule has 132 valence electrons. The smallest absolute Gasteiger partial charge is 0.255 e. The SMILES string of the molecule is COc1cccc(C(=O)NCCn2cnc(C3CC3)cc2=O)c1OC. The van der Waals surface area contributed by atoms with Crippen LogP contribution in [0, 0.1) is 0 Å².